The summed E-state index contributed by atoms with van der Waals surface area (Å²) >= 11 is 5.93. The molecule has 0 bridgehead atoms. The number of benzene rings is 1. The van der Waals surface area contributed by atoms with E-state index in [0.29, 0.717) is 28.1 Å². The molecule has 0 spiro atoms. The molecule has 0 amide bonds. The average molecular weight is 355 g/mol. The molecule has 0 aliphatic carbocycles. The quantitative estimate of drug-likeness (QED) is 0.521. The summed E-state index contributed by atoms with van der Waals surface area (Å²) in [6.07, 6.45) is 2.43. The smallest absolute Gasteiger partial charge is 0.337 e. The molecule has 126 valence electrons. The summed E-state index contributed by atoms with van der Waals surface area (Å²) < 4.78 is 33.2. The number of imidazole rings is 2. The first-order valence-electron chi connectivity index (χ1n) is 6.97. The number of hydrogen-bond acceptors (Lipinski definition) is 4. The molecule has 0 radical (unpaired) electrons. The number of ether oxygens (including phenoxy) is 1. The van der Waals surface area contributed by atoms with Gasteiger partial charge in [-0.05, 0) is 18.2 Å². The van der Waals surface area contributed by atoms with E-state index in [1.807, 2.05) is 0 Å². The maximum atomic E-state index is 13.0. The fourth-order valence-corrected chi connectivity index (χ4v) is 2.69. The number of hydrogen-bond donors (Lipinski definition) is 0. The lowest BCUT2D eigenvalue weighted by atomic mass is 10.2. The van der Waals surface area contributed by atoms with Crippen LogP contribution >= 0.6 is 11.6 Å². The third-order valence-electron chi connectivity index (χ3n) is 3.64. The normalized spacial score (nSPS) is 11.4. The van der Waals surface area contributed by atoms with Crippen LogP contribution in [-0.2, 0) is 17.2 Å². The van der Waals surface area contributed by atoms with Gasteiger partial charge in [0, 0.05) is 0 Å². The standard InChI is InChI=1S/C15H13ClF2N4O2/c1-24-14(23)9-2-3-11-12(4-9)21(13(5-16)20-11)7-10-6-19-8-22(10)15(17)18/h2-4,6,8,15H,5,7H2,1H3. The van der Waals surface area contributed by atoms with Gasteiger partial charge in [-0.15, -0.1) is 11.6 Å². The molecule has 0 saturated heterocycles. The van der Waals surface area contributed by atoms with Crippen LogP contribution in [0.3, 0.4) is 0 Å². The summed E-state index contributed by atoms with van der Waals surface area (Å²) in [6.45, 7) is -2.59. The highest BCUT2D eigenvalue weighted by Gasteiger charge is 2.17. The predicted octanol–water partition coefficient (Wildman–Crippen LogP) is 3.20. The number of nitrogens with zero attached hydrogens (tertiary/aromatic N) is 4. The minimum absolute atomic E-state index is 0.102. The number of carbonyl (C=O) groups excluding carboxylic acids is 1. The summed E-state index contributed by atoms with van der Waals surface area (Å²) in [7, 11) is 1.29. The molecule has 1 aromatic carbocycles. The van der Waals surface area contributed by atoms with Crippen molar-refractivity contribution in [1.82, 2.24) is 19.1 Å². The Morgan fingerprint density at radius 1 is 1.42 bits per heavy atom. The number of rotatable bonds is 5. The van der Waals surface area contributed by atoms with Crippen molar-refractivity contribution in [2.45, 2.75) is 19.0 Å². The second-order valence-corrected chi connectivity index (χ2v) is 5.28. The molecule has 24 heavy (non-hydrogen) atoms. The number of methoxy groups -OCH3 is 1. The minimum atomic E-state index is -2.69. The van der Waals surface area contributed by atoms with Gasteiger partial charge in [-0.3, -0.25) is 4.57 Å². The molecule has 6 nitrogen and oxygen atoms in total. The average Bonchev–Trinajstić information content (AvgIpc) is 3.18. The molecule has 0 fully saturated rings. The van der Waals surface area contributed by atoms with Crippen molar-refractivity contribution < 1.29 is 18.3 Å². The Morgan fingerprint density at radius 2 is 2.21 bits per heavy atom. The van der Waals surface area contributed by atoms with E-state index in [2.05, 4.69) is 9.97 Å². The molecule has 0 N–H and O–H groups in total. The van der Waals surface area contributed by atoms with Gasteiger partial charge in [0.25, 0.3) is 0 Å². The Hall–Kier alpha value is -2.48. The predicted molar refractivity (Wildman–Crippen MR) is 83.2 cm³/mol. The Balaban J connectivity index is 2.10. The highest BCUT2D eigenvalue weighted by atomic mass is 35.5. The van der Waals surface area contributed by atoms with Crippen molar-refractivity contribution in [2.75, 3.05) is 7.11 Å². The lowest BCUT2D eigenvalue weighted by molar-refractivity contribution is 0.0600. The number of carbonyl (C=O) groups is 1. The Labute approximate surface area is 140 Å². The van der Waals surface area contributed by atoms with Crippen molar-refractivity contribution in [3.63, 3.8) is 0 Å². The van der Waals surface area contributed by atoms with Crippen LogP contribution in [0.4, 0.5) is 8.78 Å². The highest BCUT2D eigenvalue weighted by molar-refractivity contribution is 6.16. The fraction of sp³-hybridized carbons (Fsp3) is 0.267. The van der Waals surface area contributed by atoms with Gasteiger partial charge in [-0.1, -0.05) is 0 Å². The molecule has 2 heterocycles. The van der Waals surface area contributed by atoms with Gasteiger partial charge in [0.2, 0.25) is 0 Å². The van der Waals surface area contributed by atoms with Crippen molar-refractivity contribution in [3.05, 3.63) is 47.8 Å². The summed E-state index contributed by atoms with van der Waals surface area (Å²) in [5, 5.41) is 0. The number of aromatic nitrogens is 4. The van der Waals surface area contributed by atoms with Gasteiger partial charge in [0.05, 0.1) is 54.3 Å². The van der Waals surface area contributed by atoms with E-state index in [1.54, 1.807) is 22.8 Å². The van der Waals surface area contributed by atoms with Crippen LogP contribution < -0.4 is 0 Å². The van der Waals surface area contributed by atoms with E-state index in [9.17, 15) is 13.6 Å². The van der Waals surface area contributed by atoms with Crippen LogP contribution in [0.25, 0.3) is 11.0 Å². The Bertz CT molecular complexity index is 891. The summed E-state index contributed by atoms with van der Waals surface area (Å²) in [5.74, 6) is 0.121. The summed E-state index contributed by atoms with van der Waals surface area (Å²) in [6, 6.07) is 4.86. The van der Waals surface area contributed by atoms with Crippen LogP contribution in [0.1, 0.15) is 28.4 Å². The highest BCUT2D eigenvalue weighted by Crippen LogP contribution is 2.22. The van der Waals surface area contributed by atoms with Crippen LogP contribution in [0.5, 0.6) is 0 Å². The Morgan fingerprint density at radius 3 is 2.88 bits per heavy atom. The molecule has 0 unspecified atom stereocenters. The van der Waals surface area contributed by atoms with Gasteiger partial charge in [0.15, 0.2) is 0 Å². The van der Waals surface area contributed by atoms with E-state index in [-0.39, 0.29) is 12.4 Å². The number of alkyl halides is 3. The van der Waals surface area contributed by atoms with E-state index >= 15 is 0 Å². The molecule has 9 heteroatoms. The van der Waals surface area contributed by atoms with Gasteiger partial charge in [0.1, 0.15) is 5.82 Å². The van der Waals surface area contributed by atoms with Crippen LogP contribution in [0, 0.1) is 0 Å². The maximum absolute atomic E-state index is 13.0. The molecular weight excluding hydrogens is 342 g/mol. The molecule has 0 aliphatic rings. The van der Waals surface area contributed by atoms with E-state index in [4.69, 9.17) is 16.3 Å². The van der Waals surface area contributed by atoms with Crippen molar-refractivity contribution in [1.29, 1.82) is 0 Å². The van der Waals surface area contributed by atoms with Crippen molar-refractivity contribution in [3.8, 4) is 0 Å². The lowest BCUT2D eigenvalue weighted by Crippen LogP contribution is -2.10. The van der Waals surface area contributed by atoms with Crippen molar-refractivity contribution in [2.24, 2.45) is 0 Å². The van der Waals surface area contributed by atoms with E-state index < -0.39 is 12.5 Å². The Kier molecular flexibility index (Phi) is 4.48. The zero-order chi connectivity index (χ0) is 17.3. The molecular formula is C15H13ClF2N4O2. The zero-order valence-corrected chi connectivity index (χ0v) is 13.4. The monoisotopic (exact) mass is 354 g/mol. The van der Waals surface area contributed by atoms with Gasteiger partial charge >= 0.3 is 12.5 Å². The molecule has 2 aromatic heterocycles. The molecule has 0 atom stereocenters. The van der Waals surface area contributed by atoms with E-state index in [0.717, 1.165) is 10.9 Å². The third kappa shape index (κ3) is 2.84. The number of halogens is 3. The lowest BCUT2D eigenvalue weighted by Gasteiger charge is -2.10. The second-order valence-electron chi connectivity index (χ2n) is 5.01. The summed E-state index contributed by atoms with van der Waals surface area (Å²) in [4.78, 5) is 19.8. The van der Waals surface area contributed by atoms with Crippen molar-refractivity contribution >= 4 is 28.6 Å². The first-order chi connectivity index (χ1) is 11.5. The number of fused-ring (bicyclic) bond motifs is 1. The summed E-state index contributed by atoms with van der Waals surface area (Å²) in [5.41, 5.74) is 1.87. The minimum Gasteiger partial charge on any atom is -0.465 e. The first kappa shape index (κ1) is 16.4. The fourth-order valence-electron chi connectivity index (χ4n) is 2.49. The largest absolute Gasteiger partial charge is 0.465 e. The van der Waals surface area contributed by atoms with Gasteiger partial charge in [-0.25, -0.2) is 14.8 Å². The number of esters is 1. The molecule has 0 aliphatic heterocycles. The maximum Gasteiger partial charge on any atom is 0.337 e. The topological polar surface area (TPSA) is 61.9 Å². The van der Waals surface area contributed by atoms with Gasteiger partial charge < -0.3 is 9.30 Å². The van der Waals surface area contributed by atoms with Gasteiger partial charge in [-0.2, -0.15) is 8.78 Å². The van der Waals surface area contributed by atoms with E-state index in [1.165, 1.54) is 13.3 Å². The van der Waals surface area contributed by atoms with Crippen LogP contribution in [-0.4, -0.2) is 32.2 Å². The molecule has 3 aromatic rings. The molecule has 0 saturated carbocycles. The second kappa shape index (κ2) is 6.56. The van der Waals surface area contributed by atoms with Crippen LogP contribution in [0.2, 0.25) is 0 Å². The first-order valence-corrected chi connectivity index (χ1v) is 7.51. The van der Waals surface area contributed by atoms with Crippen LogP contribution in [0.15, 0.2) is 30.7 Å². The molecule has 3 rings (SSSR count). The third-order valence-corrected chi connectivity index (χ3v) is 3.88. The zero-order valence-electron chi connectivity index (χ0n) is 12.6. The SMILES string of the molecule is COC(=O)c1ccc2nc(CCl)n(Cc3cncn3C(F)F)c2c1.